The minimum Gasteiger partial charge on any atom is -0.368 e. The molecular weight excluding hydrogens is 292 g/mol. The van der Waals surface area contributed by atoms with Gasteiger partial charge in [-0.3, -0.25) is 10.1 Å². The average Bonchev–Trinajstić information content (AvgIpc) is 2.71. The number of hydrogen-bond donors (Lipinski definition) is 2. The Labute approximate surface area is 116 Å². The molecule has 2 unspecified atom stereocenters. The number of carbonyl (C=O) groups is 1. The molecule has 2 rings (SSSR count). The maximum absolute atomic E-state index is 12.0. The van der Waals surface area contributed by atoms with Gasteiger partial charge >= 0.3 is 0 Å². The molecule has 3 nitrogen and oxygen atoms in total. The summed E-state index contributed by atoms with van der Waals surface area (Å²) in [7, 11) is 0. The van der Waals surface area contributed by atoms with Crippen LogP contribution in [0.2, 0.25) is 0 Å². The van der Waals surface area contributed by atoms with Crippen molar-refractivity contribution in [3.05, 3.63) is 33.8 Å². The number of carbonyl (C=O) groups excluding carboxylic acids is 1. The maximum atomic E-state index is 12.0. The Morgan fingerprint density at radius 1 is 1.61 bits per heavy atom. The van der Waals surface area contributed by atoms with Gasteiger partial charge in [0.15, 0.2) is 0 Å². The van der Waals surface area contributed by atoms with E-state index in [1.54, 1.807) is 0 Å². The molecule has 1 aliphatic carbocycles. The monoisotopic (exact) mass is 310 g/mol. The number of hydrogen-bond acceptors (Lipinski definition) is 2. The minimum atomic E-state index is -0.700. The van der Waals surface area contributed by atoms with E-state index in [2.05, 4.69) is 35.1 Å². The van der Waals surface area contributed by atoms with E-state index in [-0.39, 0.29) is 11.9 Å². The Morgan fingerprint density at radius 2 is 2.33 bits per heavy atom. The molecule has 0 aliphatic heterocycles. The van der Waals surface area contributed by atoms with Crippen molar-refractivity contribution < 1.29 is 4.79 Å². The van der Waals surface area contributed by atoms with E-state index in [0.29, 0.717) is 0 Å². The summed E-state index contributed by atoms with van der Waals surface area (Å²) in [6, 6.07) is 6.25. The van der Waals surface area contributed by atoms with Gasteiger partial charge in [-0.1, -0.05) is 35.0 Å². The van der Waals surface area contributed by atoms with E-state index in [0.717, 1.165) is 29.3 Å². The Balaban J connectivity index is 2.47. The van der Waals surface area contributed by atoms with E-state index >= 15 is 0 Å². The van der Waals surface area contributed by atoms with Crippen LogP contribution in [0.15, 0.2) is 22.7 Å². The first-order valence-electron chi connectivity index (χ1n) is 6.36. The van der Waals surface area contributed by atoms with Crippen molar-refractivity contribution in [3.8, 4) is 0 Å². The third kappa shape index (κ3) is 2.08. The van der Waals surface area contributed by atoms with Gasteiger partial charge in [0, 0.05) is 10.5 Å². The summed E-state index contributed by atoms with van der Waals surface area (Å²) in [5, 5.41) is 3.43. The lowest BCUT2D eigenvalue weighted by Gasteiger charge is -2.31. The Hall–Kier alpha value is -0.870. The molecule has 18 heavy (non-hydrogen) atoms. The minimum absolute atomic E-state index is 0.266. The summed E-state index contributed by atoms with van der Waals surface area (Å²) in [5.74, 6) is -0.278. The second-order valence-electron chi connectivity index (χ2n) is 4.99. The lowest BCUT2D eigenvalue weighted by molar-refractivity contribution is -0.125. The molecule has 1 amide bonds. The first-order chi connectivity index (χ1) is 8.51. The highest BCUT2D eigenvalue weighted by Gasteiger charge is 2.44. The Morgan fingerprint density at radius 3 is 2.94 bits per heavy atom. The predicted molar refractivity (Wildman–Crippen MR) is 76.2 cm³/mol. The van der Waals surface area contributed by atoms with E-state index in [1.165, 1.54) is 5.56 Å². The number of fused-ring (bicyclic) bond motifs is 1. The van der Waals surface area contributed by atoms with Crippen LogP contribution in [0.3, 0.4) is 0 Å². The summed E-state index contributed by atoms with van der Waals surface area (Å²) in [4.78, 5) is 12.0. The molecule has 0 radical (unpaired) electrons. The lowest BCUT2D eigenvalue weighted by Crippen LogP contribution is -2.54. The van der Waals surface area contributed by atoms with Crippen LogP contribution in [0.25, 0.3) is 0 Å². The van der Waals surface area contributed by atoms with E-state index in [4.69, 9.17) is 5.73 Å². The fraction of sp³-hybridized carbons (Fsp3) is 0.500. The lowest BCUT2D eigenvalue weighted by atomic mass is 9.89. The van der Waals surface area contributed by atoms with Gasteiger partial charge in [0.2, 0.25) is 5.91 Å². The number of rotatable bonds is 4. The zero-order valence-corrected chi connectivity index (χ0v) is 12.4. The van der Waals surface area contributed by atoms with Crippen molar-refractivity contribution >= 4 is 21.8 Å². The number of nitrogens with two attached hydrogens (primary N) is 1. The summed E-state index contributed by atoms with van der Waals surface area (Å²) < 4.78 is 1.06. The van der Waals surface area contributed by atoms with Gasteiger partial charge in [-0.05, 0) is 43.4 Å². The van der Waals surface area contributed by atoms with Crippen molar-refractivity contribution in [1.29, 1.82) is 0 Å². The van der Waals surface area contributed by atoms with Crippen molar-refractivity contribution in [1.82, 2.24) is 5.32 Å². The summed E-state index contributed by atoms with van der Waals surface area (Å²) >= 11 is 3.55. The van der Waals surface area contributed by atoms with Gasteiger partial charge in [0.05, 0.1) is 0 Å². The molecule has 1 aromatic rings. The van der Waals surface area contributed by atoms with Crippen molar-refractivity contribution in [2.75, 3.05) is 0 Å². The zero-order valence-electron chi connectivity index (χ0n) is 10.8. The molecule has 0 saturated heterocycles. The third-order valence-electron chi connectivity index (χ3n) is 3.85. The second-order valence-corrected chi connectivity index (χ2v) is 5.84. The highest BCUT2D eigenvalue weighted by Crippen LogP contribution is 2.40. The highest BCUT2D eigenvalue weighted by molar-refractivity contribution is 9.10. The van der Waals surface area contributed by atoms with Gasteiger partial charge in [-0.25, -0.2) is 0 Å². The summed E-state index contributed by atoms with van der Waals surface area (Å²) in [5.41, 5.74) is 7.22. The van der Waals surface area contributed by atoms with Gasteiger partial charge < -0.3 is 5.73 Å². The molecule has 0 saturated carbocycles. The molecular formula is C14H19BrN2O. The number of amides is 1. The molecule has 3 N–H and O–H groups in total. The van der Waals surface area contributed by atoms with Crippen LogP contribution in [-0.2, 0) is 16.8 Å². The molecule has 1 aromatic carbocycles. The molecule has 4 heteroatoms. The summed E-state index contributed by atoms with van der Waals surface area (Å²) in [6.07, 6.45) is 2.59. The number of primary amides is 1. The quantitative estimate of drug-likeness (QED) is 0.897. The highest BCUT2D eigenvalue weighted by atomic mass is 79.9. The molecule has 0 bridgehead atoms. The molecule has 0 heterocycles. The van der Waals surface area contributed by atoms with E-state index in [9.17, 15) is 4.79 Å². The molecule has 2 atom stereocenters. The number of nitrogens with one attached hydrogen (secondary N) is 1. The fourth-order valence-corrected chi connectivity index (χ4v) is 3.22. The second kappa shape index (κ2) is 5.02. The molecule has 0 fully saturated rings. The van der Waals surface area contributed by atoms with Crippen LogP contribution in [0.4, 0.5) is 0 Å². The SMILES string of the molecule is CCC(C)NC1(C(N)=O)CCc2c(Br)cccc21. The molecule has 1 aliphatic rings. The Kier molecular flexibility index (Phi) is 3.78. The van der Waals surface area contributed by atoms with Crippen LogP contribution in [0, 0.1) is 0 Å². The van der Waals surface area contributed by atoms with Crippen LogP contribution < -0.4 is 11.1 Å². The van der Waals surface area contributed by atoms with Crippen LogP contribution in [0.5, 0.6) is 0 Å². The van der Waals surface area contributed by atoms with Crippen LogP contribution in [0.1, 0.15) is 37.8 Å². The summed E-state index contributed by atoms with van der Waals surface area (Å²) in [6.45, 7) is 4.18. The van der Waals surface area contributed by atoms with E-state index in [1.807, 2.05) is 18.2 Å². The average molecular weight is 311 g/mol. The van der Waals surface area contributed by atoms with Crippen molar-refractivity contribution in [2.45, 2.75) is 44.7 Å². The molecule has 98 valence electrons. The fourth-order valence-electron chi connectivity index (χ4n) is 2.66. The molecule has 0 aromatic heterocycles. The number of benzene rings is 1. The van der Waals surface area contributed by atoms with Crippen molar-refractivity contribution in [3.63, 3.8) is 0 Å². The number of halogens is 1. The molecule has 0 spiro atoms. The van der Waals surface area contributed by atoms with E-state index < -0.39 is 5.54 Å². The smallest absolute Gasteiger partial charge is 0.242 e. The third-order valence-corrected chi connectivity index (χ3v) is 4.60. The van der Waals surface area contributed by atoms with Gasteiger partial charge in [-0.2, -0.15) is 0 Å². The normalized spacial score (nSPS) is 23.7. The van der Waals surface area contributed by atoms with Crippen LogP contribution in [-0.4, -0.2) is 11.9 Å². The standard InChI is InChI=1S/C14H19BrN2O/c1-3-9(2)17-14(13(16)18)8-7-10-11(14)5-4-6-12(10)15/h4-6,9,17H,3,7-8H2,1-2H3,(H2,16,18). The van der Waals surface area contributed by atoms with Gasteiger partial charge in [-0.15, -0.1) is 0 Å². The Bertz CT molecular complexity index is 475. The van der Waals surface area contributed by atoms with Gasteiger partial charge in [0.1, 0.15) is 5.54 Å². The van der Waals surface area contributed by atoms with Gasteiger partial charge in [0.25, 0.3) is 0 Å². The maximum Gasteiger partial charge on any atom is 0.242 e. The first kappa shape index (κ1) is 13.6. The van der Waals surface area contributed by atoms with Crippen LogP contribution >= 0.6 is 15.9 Å². The predicted octanol–water partition coefficient (Wildman–Crippen LogP) is 2.46. The first-order valence-corrected chi connectivity index (χ1v) is 7.16. The van der Waals surface area contributed by atoms with Crippen molar-refractivity contribution in [2.24, 2.45) is 5.73 Å². The largest absolute Gasteiger partial charge is 0.368 e. The zero-order chi connectivity index (χ0) is 13.3. The topological polar surface area (TPSA) is 55.1 Å².